The van der Waals surface area contributed by atoms with Gasteiger partial charge in [0.25, 0.3) is 0 Å². The SMILES string of the molecule is O=S(=O)(O)O[C@@H]1[C@@H](OCc2ccccc2)O[C@@H](CO)[C@H](O)[C@@H]1O. The van der Waals surface area contributed by atoms with Gasteiger partial charge in [-0.15, -0.1) is 0 Å². The molecule has 2 rings (SSSR count). The summed E-state index contributed by atoms with van der Waals surface area (Å²) in [5.41, 5.74) is 0.739. The topological polar surface area (TPSA) is 143 Å². The quantitative estimate of drug-likeness (QED) is 0.467. The molecular weight excluding hydrogens is 332 g/mol. The lowest BCUT2D eigenvalue weighted by Crippen LogP contribution is -2.60. The van der Waals surface area contributed by atoms with Crippen molar-refractivity contribution < 1.29 is 41.9 Å². The molecule has 1 fully saturated rings. The summed E-state index contributed by atoms with van der Waals surface area (Å²) in [6.07, 6.45) is -7.65. The van der Waals surface area contributed by atoms with E-state index in [1.54, 1.807) is 30.3 Å². The van der Waals surface area contributed by atoms with Crippen molar-refractivity contribution in [2.75, 3.05) is 6.61 Å². The molecule has 1 aliphatic rings. The molecule has 1 heterocycles. The van der Waals surface area contributed by atoms with Gasteiger partial charge in [-0.1, -0.05) is 30.3 Å². The fourth-order valence-corrected chi connectivity index (χ4v) is 2.67. The smallest absolute Gasteiger partial charge is 0.394 e. The van der Waals surface area contributed by atoms with Gasteiger partial charge in [0.1, 0.15) is 18.3 Å². The molecule has 23 heavy (non-hydrogen) atoms. The van der Waals surface area contributed by atoms with Gasteiger partial charge in [-0.3, -0.25) is 4.55 Å². The molecule has 9 nitrogen and oxygen atoms in total. The Bertz CT molecular complexity index is 591. The Labute approximate surface area is 133 Å². The summed E-state index contributed by atoms with van der Waals surface area (Å²) in [4.78, 5) is 0. The molecule has 0 saturated carbocycles. The maximum atomic E-state index is 10.9. The van der Waals surface area contributed by atoms with Gasteiger partial charge in [-0.2, -0.15) is 8.42 Å². The van der Waals surface area contributed by atoms with Crippen molar-refractivity contribution in [2.45, 2.75) is 37.3 Å². The van der Waals surface area contributed by atoms with Gasteiger partial charge in [0.05, 0.1) is 13.2 Å². The van der Waals surface area contributed by atoms with Crippen molar-refractivity contribution >= 4 is 10.4 Å². The number of hydrogen-bond donors (Lipinski definition) is 4. The van der Waals surface area contributed by atoms with Crippen LogP contribution >= 0.6 is 0 Å². The Balaban J connectivity index is 2.13. The molecular formula is C13H18O9S. The number of benzene rings is 1. The van der Waals surface area contributed by atoms with E-state index in [-0.39, 0.29) is 6.61 Å². The largest absolute Gasteiger partial charge is 0.397 e. The molecule has 0 bridgehead atoms. The molecule has 5 atom stereocenters. The monoisotopic (exact) mass is 350 g/mol. The predicted molar refractivity (Wildman–Crippen MR) is 75.4 cm³/mol. The van der Waals surface area contributed by atoms with E-state index in [1.165, 1.54) is 0 Å². The molecule has 0 aromatic heterocycles. The highest BCUT2D eigenvalue weighted by Gasteiger charge is 2.47. The first-order chi connectivity index (χ1) is 10.8. The van der Waals surface area contributed by atoms with Crippen LogP contribution in [-0.2, 0) is 30.7 Å². The van der Waals surface area contributed by atoms with E-state index in [0.29, 0.717) is 0 Å². The summed E-state index contributed by atoms with van der Waals surface area (Å²) in [5.74, 6) is 0. The molecule has 1 saturated heterocycles. The minimum atomic E-state index is -4.91. The fraction of sp³-hybridized carbons (Fsp3) is 0.538. The van der Waals surface area contributed by atoms with Gasteiger partial charge in [-0.05, 0) is 5.56 Å². The fourth-order valence-electron chi connectivity index (χ4n) is 2.19. The average molecular weight is 350 g/mol. The number of ether oxygens (including phenoxy) is 2. The molecule has 1 aromatic carbocycles. The summed E-state index contributed by atoms with van der Waals surface area (Å²) in [6, 6.07) is 8.82. The molecule has 1 aromatic rings. The summed E-state index contributed by atoms with van der Waals surface area (Å²) < 4.78 is 45.5. The lowest BCUT2D eigenvalue weighted by molar-refractivity contribution is -0.298. The Morgan fingerprint density at radius 3 is 2.35 bits per heavy atom. The molecule has 4 N–H and O–H groups in total. The van der Waals surface area contributed by atoms with E-state index < -0.39 is 47.7 Å². The van der Waals surface area contributed by atoms with Crippen LogP contribution < -0.4 is 0 Å². The molecule has 10 heteroatoms. The van der Waals surface area contributed by atoms with Gasteiger partial charge in [0.15, 0.2) is 12.4 Å². The Kier molecular flexibility index (Phi) is 6.06. The lowest BCUT2D eigenvalue weighted by Gasteiger charge is -2.40. The van der Waals surface area contributed by atoms with E-state index in [1.807, 2.05) is 0 Å². The van der Waals surface area contributed by atoms with Crippen molar-refractivity contribution in [2.24, 2.45) is 0 Å². The second-order valence-corrected chi connectivity index (χ2v) is 6.04. The molecule has 1 aliphatic heterocycles. The van der Waals surface area contributed by atoms with Crippen LogP contribution in [0, 0.1) is 0 Å². The summed E-state index contributed by atoms with van der Waals surface area (Å²) in [7, 11) is -4.91. The highest BCUT2D eigenvalue weighted by atomic mass is 32.3. The van der Waals surface area contributed by atoms with Gasteiger partial charge >= 0.3 is 10.4 Å². The highest BCUT2D eigenvalue weighted by Crippen LogP contribution is 2.26. The molecule has 0 amide bonds. The van der Waals surface area contributed by atoms with Crippen molar-refractivity contribution in [3.63, 3.8) is 0 Å². The van der Waals surface area contributed by atoms with Gasteiger partial charge in [0, 0.05) is 0 Å². The van der Waals surface area contributed by atoms with Crippen LogP contribution in [0.3, 0.4) is 0 Å². The van der Waals surface area contributed by atoms with Crippen molar-refractivity contribution in [3.05, 3.63) is 35.9 Å². The third-order valence-electron chi connectivity index (χ3n) is 3.31. The normalized spacial score (nSPS) is 31.9. The van der Waals surface area contributed by atoms with E-state index in [2.05, 4.69) is 4.18 Å². The minimum Gasteiger partial charge on any atom is -0.394 e. The summed E-state index contributed by atoms with van der Waals surface area (Å²) in [5, 5.41) is 28.8. The maximum absolute atomic E-state index is 10.9. The lowest BCUT2D eigenvalue weighted by atomic mass is 9.99. The van der Waals surface area contributed by atoms with Crippen LogP contribution in [0.1, 0.15) is 5.56 Å². The van der Waals surface area contributed by atoms with Crippen LogP contribution in [0.25, 0.3) is 0 Å². The van der Waals surface area contributed by atoms with E-state index in [4.69, 9.17) is 19.1 Å². The van der Waals surface area contributed by atoms with E-state index in [0.717, 1.165) is 5.56 Å². The number of aliphatic hydroxyl groups is 3. The van der Waals surface area contributed by atoms with Crippen molar-refractivity contribution in [1.29, 1.82) is 0 Å². The molecule has 0 radical (unpaired) electrons. The summed E-state index contributed by atoms with van der Waals surface area (Å²) in [6.45, 7) is -0.625. The Hall–Kier alpha value is -1.11. The molecule has 0 unspecified atom stereocenters. The van der Waals surface area contributed by atoms with Crippen LogP contribution in [0.4, 0.5) is 0 Å². The standard InChI is InChI=1S/C13H18O9S/c14-6-9-10(15)11(16)12(22-23(17,18)19)13(21-9)20-7-8-4-2-1-3-5-8/h1-5,9-16H,6-7H2,(H,17,18,19)/t9-,10-,11-,12-,13-/m0/s1. The zero-order valence-electron chi connectivity index (χ0n) is 11.9. The number of hydrogen-bond acceptors (Lipinski definition) is 8. The first-order valence-electron chi connectivity index (χ1n) is 6.75. The van der Waals surface area contributed by atoms with Crippen molar-refractivity contribution in [3.8, 4) is 0 Å². The third-order valence-corrected chi connectivity index (χ3v) is 3.78. The van der Waals surface area contributed by atoms with E-state index in [9.17, 15) is 18.6 Å². The number of rotatable bonds is 6. The maximum Gasteiger partial charge on any atom is 0.397 e. The second-order valence-electron chi connectivity index (χ2n) is 4.99. The highest BCUT2D eigenvalue weighted by molar-refractivity contribution is 7.80. The minimum absolute atomic E-state index is 0.00218. The van der Waals surface area contributed by atoms with Gasteiger partial charge in [0.2, 0.25) is 0 Å². The third kappa shape index (κ3) is 4.93. The van der Waals surface area contributed by atoms with Crippen molar-refractivity contribution in [1.82, 2.24) is 0 Å². The second kappa shape index (κ2) is 7.64. The Morgan fingerprint density at radius 2 is 1.78 bits per heavy atom. The average Bonchev–Trinajstić information content (AvgIpc) is 2.51. The Morgan fingerprint density at radius 1 is 1.13 bits per heavy atom. The van der Waals surface area contributed by atoms with Gasteiger partial charge < -0.3 is 24.8 Å². The molecule has 130 valence electrons. The zero-order chi connectivity index (χ0) is 17.0. The van der Waals surface area contributed by atoms with Crippen LogP contribution in [-0.4, -0.2) is 65.6 Å². The first-order valence-corrected chi connectivity index (χ1v) is 8.12. The predicted octanol–water partition coefficient (Wildman–Crippen LogP) is -1.17. The molecule has 0 aliphatic carbocycles. The van der Waals surface area contributed by atoms with Crippen LogP contribution in [0.5, 0.6) is 0 Å². The summed E-state index contributed by atoms with van der Waals surface area (Å²) >= 11 is 0. The number of aliphatic hydroxyl groups excluding tert-OH is 3. The van der Waals surface area contributed by atoms with E-state index >= 15 is 0 Å². The first kappa shape index (κ1) is 18.2. The zero-order valence-corrected chi connectivity index (χ0v) is 12.7. The van der Waals surface area contributed by atoms with Crippen LogP contribution in [0.15, 0.2) is 30.3 Å². The molecule has 0 spiro atoms. The van der Waals surface area contributed by atoms with Crippen LogP contribution in [0.2, 0.25) is 0 Å². The van der Waals surface area contributed by atoms with Gasteiger partial charge in [-0.25, -0.2) is 4.18 Å².